The zero-order chi connectivity index (χ0) is 13.1. The zero-order valence-corrected chi connectivity index (χ0v) is 11.3. The highest BCUT2D eigenvalue weighted by Gasteiger charge is 2.31. The number of likely N-dealkylation sites (tertiary alicyclic amines) is 1. The fourth-order valence-corrected chi connectivity index (χ4v) is 3.09. The molecule has 1 unspecified atom stereocenters. The summed E-state index contributed by atoms with van der Waals surface area (Å²) < 4.78 is 0. The molecule has 2 aliphatic rings. The fraction of sp³-hybridized carbons (Fsp3) is 0.643. The molecule has 1 atom stereocenters. The van der Waals surface area contributed by atoms with E-state index in [9.17, 15) is 4.79 Å². The first-order valence-corrected chi connectivity index (χ1v) is 7.20. The van der Waals surface area contributed by atoms with Crippen molar-refractivity contribution in [3.63, 3.8) is 0 Å². The quantitative estimate of drug-likeness (QED) is 0.838. The molecule has 0 saturated carbocycles. The Kier molecular flexibility index (Phi) is 3.84. The second-order valence-electron chi connectivity index (χ2n) is 5.40. The van der Waals surface area contributed by atoms with Crippen molar-refractivity contribution in [1.82, 2.24) is 20.1 Å². The van der Waals surface area contributed by atoms with Gasteiger partial charge in [-0.25, -0.2) is 0 Å². The van der Waals surface area contributed by atoms with Gasteiger partial charge in [0, 0.05) is 44.6 Å². The summed E-state index contributed by atoms with van der Waals surface area (Å²) in [6, 6.07) is 4.35. The number of hydrogen-bond donors (Lipinski definition) is 2. The van der Waals surface area contributed by atoms with Gasteiger partial charge in [0.25, 0.3) is 0 Å². The lowest BCUT2D eigenvalue weighted by molar-refractivity contribution is -0.133. The lowest BCUT2D eigenvalue weighted by Crippen LogP contribution is -2.48. The number of nitrogens with one attached hydrogen (secondary N) is 2. The molecule has 19 heavy (non-hydrogen) atoms. The van der Waals surface area contributed by atoms with Crippen molar-refractivity contribution in [2.24, 2.45) is 0 Å². The van der Waals surface area contributed by atoms with Crippen LogP contribution >= 0.6 is 0 Å². The molecule has 5 nitrogen and oxygen atoms in total. The number of H-pyrrole nitrogens is 1. The number of aromatic nitrogens is 1. The molecule has 1 aromatic rings. The van der Waals surface area contributed by atoms with Crippen LogP contribution in [0, 0.1) is 0 Å². The van der Waals surface area contributed by atoms with Gasteiger partial charge in [0.15, 0.2) is 0 Å². The number of nitrogens with zero attached hydrogens (tertiary/aromatic N) is 2. The maximum atomic E-state index is 12.5. The minimum Gasteiger partial charge on any atom is -0.363 e. The van der Waals surface area contributed by atoms with Crippen molar-refractivity contribution < 1.29 is 4.79 Å². The number of carbonyl (C=O) groups is 1. The zero-order valence-electron chi connectivity index (χ0n) is 11.3. The molecular weight excluding hydrogens is 240 g/mol. The Bertz CT molecular complexity index is 411. The SMILES string of the molecule is O=C(CN1CCNCC1)N1CCCC1c1ccc[nH]1. The van der Waals surface area contributed by atoms with E-state index in [1.165, 1.54) is 5.69 Å². The highest BCUT2D eigenvalue weighted by atomic mass is 16.2. The van der Waals surface area contributed by atoms with Crippen LogP contribution in [-0.2, 0) is 4.79 Å². The summed E-state index contributed by atoms with van der Waals surface area (Å²) in [5.41, 5.74) is 1.17. The van der Waals surface area contributed by atoms with E-state index in [0.717, 1.165) is 45.6 Å². The molecule has 104 valence electrons. The third-order valence-corrected chi connectivity index (χ3v) is 4.12. The number of hydrogen-bond acceptors (Lipinski definition) is 3. The maximum absolute atomic E-state index is 12.5. The van der Waals surface area contributed by atoms with Crippen LogP contribution in [0.3, 0.4) is 0 Å². The van der Waals surface area contributed by atoms with Crippen LogP contribution in [0.15, 0.2) is 18.3 Å². The summed E-state index contributed by atoms with van der Waals surface area (Å²) in [6.07, 6.45) is 4.12. The molecule has 0 spiro atoms. The van der Waals surface area contributed by atoms with Crippen molar-refractivity contribution in [3.8, 4) is 0 Å². The van der Waals surface area contributed by atoms with Crippen LogP contribution in [0.2, 0.25) is 0 Å². The van der Waals surface area contributed by atoms with Crippen LogP contribution in [0.25, 0.3) is 0 Å². The molecule has 2 N–H and O–H groups in total. The largest absolute Gasteiger partial charge is 0.363 e. The Balaban J connectivity index is 1.62. The third kappa shape index (κ3) is 2.82. The normalized spacial score (nSPS) is 24.8. The van der Waals surface area contributed by atoms with E-state index in [1.54, 1.807) is 0 Å². The Labute approximate surface area is 114 Å². The Morgan fingerprint density at radius 3 is 2.89 bits per heavy atom. The number of piperazine rings is 1. The minimum atomic E-state index is 0.255. The van der Waals surface area contributed by atoms with Gasteiger partial charge in [0.2, 0.25) is 5.91 Å². The molecule has 0 aliphatic carbocycles. The molecule has 2 fully saturated rings. The Hall–Kier alpha value is -1.33. The van der Waals surface area contributed by atoms with Crippen LogP contribution in [0.5, 0.6) is 0 Å². The lowest BCUT2D eigenvalue weighted by Gasteiger charge is -2.30. The standard InChI is InChI=1S/C14H22N4O/c19-14(11-17-9-6-15-7-10-17)18-8-2-4-13(18)12-3-1-5-16-12/h1,3,5,13,15-16H,2,4,6-11H2. The first-order chi connectivity index (χ1) is 9.34. The predicted molar refractivity (Wildman–Crippen MR) is 73.8 cm³/mol. The topological polar surface area (TPSA) is 51.4 Å². The molecule has 0 bridgehead atoms. The van der Waals surface area contributed by atoms with Crippen molar-refractivity contribution >= 4 is 5.91 Å². The summed E-state index contributed by atoms with van der Waals surface area (Å²) in [7, 11) is 0. The van der Waals surface area contributed by atoms with Crippen molar-refractivity contribution in [1.29, 1.82) is 0 Å². The van der Waals surface area contributed by atoms with Gasteiger partial charge in [0.1, 0.15) is 0 Å². The molecule has 5 heteroatoms. The number of aromatic amines is 1. The Morgan fingerprint density at radius 1 is 1.32 bits per heavy atom. The van der Waals surface area contributed by atoms with Gasteiger partial charge in [0.05, 0.1) is 12.6 Å². The van der Waals surface area contributed by atoms with Crippen LogP contribution in [-0.4, -0.2) is 60.0 Å². The molecule has 2 aliphatic heterocycles. The van der Waals surface area contributed by atoms with E-state index >= 15 is 0 Å². The predicted octanol–water partition coefficient (Wildman–Crippen LogP) is 0.583. The summed E-state index contributed by atoms with van der Waals surface area (Å²) in [5, 5.41) is 3.32. The molecule has 3 heterocycles. The molecule has 2 saturated heterocycles. The molecule has 0 aromatic carbocycles. The summed E-state index contributed by atoms with van der Waals surface area (Å²) >= 11 is 0. The van der Waals surface area contributed by atoms with Gasteiger partial charge in [-0.1, -0.05) is 0 Å². The van der Waals surface area contributed by atoms with Gasteiger partial charge >= 0.3 is 0 Å². The lowest BCUT2D eigenvalue weighted by atomic mass is 10.1. The average Bonchev–Trinajstić information content (AvgIpc) is 3.10. The van der Waals surface area contributed by atoms with Gasteiger partial charge in [-0.05, 0) is 25.0 Å². The number of carbonyl (C=O) groups excluding carboxylic acids is 1. The highest BCUT2D eigenvalue weighted by molar-refractivity contribution is 5.79. The monoisotopic (exact) mass is 262 g/mol. The van der Waals surface area contributed by atoms with E-state index < -0.39 is 0 Å². The molecule has 3 rings (SSSR count). The van der Waals surface area contributed by atoms with Crippen molar-refractivity contribution in [3.05, 3.63) is 24.0 Å². The molecule has 0 radical (unpaired) electrons. The second-order valence-corrected chi connectivity index (χ2v) is 5.40. The van der Waals surface area contributed by atoms with Gasteiger partial charge in [-0.15, -0.1) is 0 Å². The number of amides is 1. The van der Waals surface area contributed by atoms with E-state index in [2.05, 4.69) is 21.3 Å². The van der Waals surface area contributed by atoms with Gasteiger partial charge in [-0.3, -0.25) is 9.69 Å². The van der Waals surface area contributed by atoms with Crippen LogP contribution in [0.1, 0.15) is 24.6 Å². The third-order valence-electron chi connectivity index (χ3n) is 4.12. The minimum absolute atomic E-state index is 0.255. The smallest absolute Gasteiger partial charge is 0.237 e. The molecule has 1 aromatic heterocycles. The Morgan fingerprint density at radius 2 is 2.16 bits per heavy atom. The van der Waals surface area contributed by atoms with E-state index in [0.29, 0.717) is 6.54 Å². The summed E-state index contributed by atoms with van der Waals surface area (Å²) in [4.78, 5) is 20.0. The summed E-state index contributed by atoms with van der Waals surface area (Å²) in [5.74, 6) is 0.277. The molecule has 1 amide bonds. The van der Waals surface area contributed by atoms with Crippen molar-refractivity contribution in [2.75, 3.05) is 39.3 Å². The maximum Gasteiger partial charge on any atom is 0.237 e. The average molecular weight is 262 g/mol. The van der Waals surface area contributed by atoms with Gasteiger partial charge in [-0.2, -0.15) is 0 Å². The fourth-order valence-electron chi connectivity index (χ4n) is 3.09. The van der Waals surface area contributed by atoms with E-state index in [4.69, 9.17) is 0 Å². The van der Waals surface area contributed by atoms with E-state index in [-0.39, 0.29) is 11.9 Å². The second kappa shape index (κ2) is 5.75. The molecular formula is C14H22N4O. The first kappa shape index (κ1) is 12.7. The van der Waals surface area contributed by atoms with Gasteiger partial charge < -0.3 is 15.2 Å². The number of rotatable bonds is 3. The first-order valence-electron chi connectivity index (χ1n) is 7.20. The van der Waals surface area contributed by atoms with Crippen molar-refractivity contribution in [2.45, 2.75) is 18.9 Å². The summed E-state index contributed by atoms with van der Waals surface area (Å²) in [6.45, 7) is 5.41. The van der Waals surface area contributed by atoms with E-state index in [1.807, 2.05) is 17.2 Å². The van der Waals surface area contributed by atoms with Crippen LogP contribution in [0.4, 0.5) is 0 Å². The highest BCUT2D eigenvalue weighted by Crippen LogP contribution is 2.30. The van der Waals surface area contributed by atoms with Crippen LogP contribution < -0.4 is 5.32 Å².